The first-order valence-electron chi connectivity index (χ1n) is 7.42. The van der Waals surface area contributed by atoms with Gasteiger partial charge in [-0.3, -0.25) is 4.98 Å². The van der Waals surface area contributed by atoms with Crippen molar-refractivity contribution < 1.29 is 9.18 Å². The Morgan fingerprint density at radius 3 is 2.44 bits per heavy atom. The zero-order valence-corrected chi connectivity index (χ0v) is 14.6. The zero-order valence-electron chi connectivity index (χ0n) is 13.8. The molecule has 2 amide bonds. The van der Waals surface area contributed by atoms with Gasteiger partial charge in [-0.2, -0.15) is 0 Å². The van der Waals surface area contributed by atoms with Crippen molar-refractivity contribution >= 4 is 46.4 Å². The molecule has 2 aromatic carbocycles. The number of pyridine rings is 1. The Labute approximate surface area is 151 Å². The average molecular weight is 361 g/mol. The number of benzene rings is 2. The summed E-state index contributed by atoms with van der Waals surface area (Å²) < 4.78 is 13.3. The van der Waals surface area contributed by atoms with Crippen LogP contribution in [0.1, 0.15) is 0 Å². The second-order valence-corrected chi connectivity index (χ2v) is 5.54. The smallest absolute Gasteiger partial charge is 0.323 e. The van der Waals surface area contributed by atoms with Crippen molar-refractivity contribution in [2.75, 3.05) is 29.6 Å². The van der Waals surface area contributed by atoms with Crippen molar-refractivity contribution in [2.45, 2.75) is 0 Å². The number of amides is 2. The summed E-state index contributed by atoms with van der Waals surface area (Å²) in [7, 11) is 3.90. The fraction of sp³-hybridized carbons (Fsp3) is 0.111. The van der Waals surface area contributed by atoms with Crippen LogP contribution >= 0.6 is 12.4 Å². The molecule has 5 nitrogen and oxygen atoms in total. The lowest BCUT2D eigenvalue weighted by Crippen LogP contribution is -2.19. The largest absolute Gasteiger partial charge is 0.378 e. The second-order valence-electron chi connectivity index (χ2n) is 5.54. The number of carbonyl (C=O) groups excluding carboxylic acids is 1. The summed E-state index contributed by atoms with van der Waals surface area (Å²) >= 11 is 0. The van der Waals surface area contributed by atoms with Crippen LogP contribution in [0.2, 0.25) is 0 Å². The van der Waals surface area contributed by atoms with Crippen LogP contribution in [-0.2, 0) is 0 Å². The number of anilines is 3. The van der Waals surface area contributed by atoms with E-state index in [-0.39, 0.29) is 24.3 Å². The molecule has 0 aliphatic rings. The van der Waals surface area contributed by atoms with Crippen LogP contribution in [0.3, 0.4) is 0 Å². The van der Waals surface area contributed by atoms with E-state index in [1.165, 1.54) is 18.3 Å². The number of rotatable bonds is 3. The average Bonchev–Trinajstić information content (AvgIpc) is 2.55. The van der Waals surface area contributed by atoms with Gasteiger partial charge in [-0.25, -0.2) is 9.18 Å². The first-order valence-corrected chi connectivity index (χ1v) is 7.42. The van der Waals surface area contributed by atoms with Crippen LogP contribution in [-0.4, -0.2) is 25.1 Å². The van der Waals surface area contributed by atoms with Crippen molar-refractivity contribution in [3.63, 3.8) is 0 Å². The molecule has 0 bridgehead atoms. The molecular formula is C18H18ClFN4O. The van der Waals surface area contributed by atoms with Crippen molar-refractivity contribution in [3.8, 4) is 0 Å². The number of hydrogen-bond donors (Lipinski definition) is 2. The lowest BCUT2D eigenvalue weighted by atomic mass is 10.2. The Bertz CT molecular complexity index is 884. The number of nitrogens with one attached hydrogen (secondary N) is 2. The Hall–Kier alpha value is -2.86. The van der Waals surface area contributed by atoms with E-state index in [2.05, 4.69) is 15.6 Å². The molecule has 0 aliphatic carbocycles. The highest BCUT2D eigenvalue weighted by molar-refractivity contribution is 6.05. The van der Waals surface area contributed by atoms with Gasteiger partial charge in [-0.15, -0.1) is 12.4 Å². The number of fused-ring (bicyclic) bond motifs is 1. The van der Waals surface area contributed by atoms with E-state index >= 15 is 0 Å². The molecular weight excluding hydrogens is 343 g/mol. The van der Waals surface area contributed by atoms with Gasteiger partial charge in [0.1, 0.15) is 5.82 Å². The van der Waals surface area contributed by atoms with Crippen LogP contribution in [0.4, 0.5) is 26.2 Å². The van der Waals surface area contributed by atoms with Crippen LogP contribution in [0.25, 0.3) is 10.9 Å². The Kier molecular flexibility index (Phi) is 5.77. The zero-order chi connectivity index (χ0) is 17.1. The van der Waals surface area contributed by atoms with E-state index < -0.39 is 0 Å². The second kappa shape index (κ2) is 7.81. The fourth-order valence-electron chi connectivity index (χ4n) is 2.36. The Morgan fingerprint density at radius 1 is 1.04 bits per heavy atom. The van der Waals surface area contributed by atoms with E-state index in [1.807, 2.05) is 43.3 Å². The normalized spacial score (nSPS) is 10.0. The minimum Gasteiger partial charge on any atom is -0.378 e. The van der Waals surface area contributed by atoms with Gasteiger partial charge in [-0.05, 0) is 42.5 Å². The summed E-state index contributed by atoms with van der Waals surface area (Å²) in [6.07, 6.45) is 1.53. The number of hydrogen-bond acceptors (Lipinski definition) is 3. The van der Waals surface area contributed by atoms with Gasteiger partial charge < -0.3 is 15.5 Å². The predicted octanol–water partition coefficient (Wildman–Crippen LogP) is 4.51. The van der Waals surface area contributed by atoms with E-state index in [0.29, 0.717) is 22.3 Å². The lowest BCUT2D eigenvalue weighted by Gasteiger charge is -2.13. The minimum atomic E-state index is -0.371. The Balaban J connectivity index is 0.00000225. The first kappa shape index (κ1) is 18.5. The van der Waals surface area contributed by atoms with E-state index in [9.17, 15) is 9.18 Å². The molecule has 2 N–H and O–H groups in total. The van der Waals surface area contributed by atoms with E-state index in [4.69, 9.17) is 0 Å². The maximum Gasteiger partial charge on any atom is 0.323 e. The SMILES string of the molecule is CN(C)c1ccc(NC(=O)Nc2ccnc3cc(F)ccc23)cc1.Cl. The molecule has 0 saturated heterocycles. The van der Waals surface area contributed by atoms with Gasteiger partial charge >= 0.3 is 6.03 Å². The Morgan fingerprint density at radius 2 is 1.76 bits per heavy atom. The van der Waals surface area contributed by atoms with Crippen LogP contribution in [0, 0.1) is 5.82 Å². The molecule has 1 aromatic heterocycles. The summed E-state index contributed by atoms with van der Waals surface area (Å²) in [6.45, 7) is 0. The third-order valence-electron chi connectivity index (χ3n) is 3.59. The summed E-state index contributed by atoms with van der Waals surface area (Å²) in [5.74, 6) is -0.363. The highest BCUT2D eigenvalue weighted by Crippen LogP contribution is 2.22. The summed E-state index contributed by atoms with van der Waals surface area (Å²) in [5, 5.41) is 6.21. The van der Waals surface area contributed by atoms with Crippen LogP contribution in [0.15, 0.2) is 54.7 Å². The fourth-order valence-corrected chi connectivity index (χ4v) is 2.36. The van der Waals surface area contributed by atoms with Crippen molar-refractivity contribution in [2.24, 2.45) is 0 Å². The molecule has 0 spiro atoms. The monoisotopic (exact) mass is 360 g/mol. The molecule has 7 heteroatoms. The van der Waals surface area contributed by atoms with Crippen molar-refractivity contribution in [1.82, 2.24) is 4.98 Å². The van der Waals surface area contributed by atoms with Gasteiger partial charge in [0.2, 0.25) is 0 Å². The number of halogens is 2. The van der Waals surface area contributed by atoms with Crippen molar-refractivity contribution in [3.05, 3.63) is 60.5 Å². The molecule has 3 rings (SSSR count). The number of urea groups is 1. The summed E-state index contributed by atoms with van der Waals surface area (Å²) in [5.41, 5.74) is 2.79. The molecule has 0 saturated carbocycles. The number of nitrogens with zero attached hydrogens (tertiary/aromatic N) is 2. The quantitative estimate of drug-likeness (QED) is 0.722. The predicted molar refractivity (Wildman–Crippen MR) is 102 cm³/mol. The molecule has 0 aliphatic heterocycles. The number of carbonyl (C=O) groups is 1. The maximum atomic E-state index is 13.3. The van der Waals surface area contributed by atoms with Gasteiger partial charge in [0.05, 0.1) is 11.2 Å². The highest BCUT2D eigenvalue weighted by Gasteiger charge is 2.07. The van der Waals surface area contributed by atoms with Gasteiger partial charge in [-0.1, -0.05) is 0 Å². The highest BCUT2D eigenvalue weighted by atomic mass is 35.5. The molecule has 1 heterocycles. The maximum absolute atomic E-state index is 13.3. The van der Waals surface area contributed by atoms with E-state index in [1.54, 1.807) is 12.1 Å². The first-order chi connectivity index (χ1) is 11.5. The van der Waals surface area contributed by atoms with E-state index in [0.717, 1.165) is 5.69 Å². The molecule has 130 valence electrons. The molecule has 25 heavy (non-hydrogen) atoms. The number of aromatic nitrogens is 1. The topological polar surface area (TPSA) is 57.3 Å². The van der Waals surface area contributed by atoms with Gasteiger partial charge in [0, 0.05) is 43.1 Å². The minimum absolute atomic E-state index is 0. The molecule has 0 unspecified atom stereocenters. The molecule has 0 radical (unpaired) electrons. The van der Waals surface area contributed by atoms with Gasteiger partial charge in [0.15, 0.2) is 0 Å². The third kappa shape index (κ3) is 4.36. The van der Waals surface area contributed by atoms with Crippen molar-refractivity contribution in [1.29, 1.82) is 0 Å². The van der Waals surface area contributed by atoms with Crippen LogP contribution < -0.4 is 15.5 Å². The lowest BCUT2D eigenvalue weighted by molar-refractivity contribution is 0.262. The standard InChI is InChI=1S/C18H17FN4O.ClH/c1-23(2)14-6-4-13(5-7-14)21-18(24)22-16-9-10-20-17-11-12(19)3-8-15(16)17;/h3-11H,1-2H3,(H2,20,21,22,24);1H. The van der Waals surface area contributed by atoms with Gasteiger partial charge in [0.25, 0.3) is 0 Å². The molecule has 3 aromatic rings. The summed E-state index contributed by atoms with van der Waals surface area (Å²) in [6, 6.07) is 13.1. The summed E-state index contributed by atoms with van der Waals surface area (Å²) in [4.78, 5) is 18.3. The molecule has 0 atom stereocenters. The molecule has 0 fully saturated rings. The van der Waals surface area contributed by atoms with Crippen LogP contribution in [0.5, 0.6) is 0 Å². The third-order valence-corrected chi connectivity index (χ3v) is 3.59.